The summed E-state index contributed by atoms with van der Waals surface area (Å²) in [5.74, 6) is 0.582. The fourth-order valence-electron chi connectivity index (χ4n) is 2.39. The maximum absolute atomic E-state index is 8.84. The van der Waals surface area contributed by atoms with Crippen molar-refractivity contribution in [1.82, 2.24) is 0 Å². The van der Waals surface area contributed by atoms with Gasteiger partial charge >= 0.3 is 0 Å². The van der Waals surface area contributed by atoms with E-state index in [-0.39, 0.29) is 0 Å². The zero-order chi connectivity index (χ0) is 13.2. The van der Waals surface area contributed by atoms with E-state index < -0.39 is 0 Å². The first kappa shape index (κ1) is 11.6. The average Bonchev–Trinajstić information content (AvgIpc) is 3.19. The highest BCUT2D eigenvalue weighted by atomic mass is 15.0. The summed E-state index contributed by atoms with van der Waals surface area (Å²) < 4.78 is 0. The molecule has 3 heteroatoms. The highest BCUT2D eigenvalue weighted by Gasteiger charge is 2.38. The third-order valence-electron chi connectivity index (χ3n) is 3.54. The molecular weight excluding hydrogens is 234 g/mol. The van der Waals surface area contributed by atoms with Crippen LogP contribution in [0.4, 0.5) is 11.4 Å². The van der Waals surface area contributed by atoms with Crippen molar-refractivity contribution in [3.63, 3.8) is 0 Å². The van der Waals surface area contributed by atoms with Gasteiger partial charge in [-0.25, -0.2) is 0 Å². The first-order valence-corrected chi connectivity index (χ1v) is 6.39. The van der Waals surface area contributed by atoms with Crippen LogP contribution in [0.1, 0.15) is 23.5 Å². The number of hydrogen-bond donors (Lipinski definition) is 2. The summed E-state index contributed by atoms with van der Waals surface area (Å²) in [4.78, 5) is 0. The molecule has 0 aromatic heterocycles. The van der Waals surface area contributed by atoms with Gasteiger partial charge in [0.25, 0.3) is 0 Å². The van der Waals surface area contributed by atoms with E-state index in [0.717, 1.165) is 12.1 Å². The molecule has 0 bridgehead atoms. The molecule has 3 N–H and O–H groups in total. The summed E-state index contributed by atoms with van der Waals surface area (Å²) in [6, 6.07) is 18.6. The molecule has 94 valence electrons. The molecule has 0 radical (unpaired) electrons. The monoisotopic (exact) mass is 249 g/mol. The largest absolute Gasteiger partial charge is 0.398 e. The molecule has 0 spiro atoms. The fourth-order valence-corrected chi connectivity index (χ4v) is 2.39. The molecule has 0 saturated heterocycles. The van der Waals surface area contributed by atoms with E-state index in [0.29, 0.717) is 23.2 Å². The van der Waals surface area contributed by atoms with Gasteiger partial charge in [-0.1, -0.05) is 30.3 Å². The zero-order valence-corrected chi connectivity index (χ0v) is 10.5. The summed E-state index contributed by atoms with van der Waals surface area (Å²) >= 11 is 0. The minimum atomic E-state index is 0.467. The van der Waals surface area contributed by atoms with Crippen LogP contribution in [0.3, 0.4) is 0 Å². The predicted molar refractivity (Wildman–Crippen MR) is 76.8 cm³/mol. The Morgan fingerprint density at radius 3 is 2.63 bits per heavy atom. The van der Waals surface area contributed by atoms with Crippen molar-refractivity contribution in [2.24, 2.45) is 0 Å². The number of anilines is 2. The van der Waals surface area contributed by atoms with Gasteiger partial charge in [-0.2, -0.15) is 5.26 Å². The van der Waals surface area contributed by atoms with E-state index >= 15 is 0 Å². The van der Waals surface area contributed by atoms with Crippen LogP contribution in [0.25, 0.3) is 0 Å². The number of nitrogens with one attached hydrogen (secondary N) is 1. The van der Waals surface area contributed by atoms with Crippen molar-refractivity contribution in [3.05, 3.63) is 59.7 Å². The molecule has 1 fully saturated rings. The molecule has 2 unspecified atom stereocenters. The van der Waals surface area contributed by atoms with Crippen molar-refractivity contribution in [2.45, 2.75) is 18.4 Å². The average molecular weight is 249 g/mol. The molecule has 2 aromatic carbocycles. The maximum atomic E-state index is 8.84. The molecule has 3 nitrogen and oxygen atoms in total. The van der Waals surface area contributed by atoms with E-state index in [4.69, 9.17) is 11.0 Å². The van der Waals surface area contributed by atoms with Crippen LogP contribution in [0.5, 0.6) is 0 Å². The normalized spacial score (nSPS) is 20.6. The number of nitrogens with zero attached hydrogens (tertiary/aromatic N) is 1. The van der Waals surface area contributed by atoms with Crippen LogP contribution < -0.4 is 11.1 Å². The summed E-state index contributed by atoms with van der Waals surface area (Å²) in [6.07, 6.45) is 1.14. The molecule has 2 aromatic rings. The number of nitrogens with two attached hydrogens (primary N) is 1. The molecule has 1 aliphatic rings. The van der Waals surface area contributed by atoms with Gasteiger partial charge in [0.05, 0.1) is 11.3 Å². The van der Waals surface area contributed by atoms with Gasteiger partial charge < -0.3 is 11.1 Å². The van der Waals surface area contributed by atoms with Gasteiger partial charge in [-0.3, -0.25) is 0 Å². The van der Waals surface area contributed by atoms with Gasteiger partial charge in [0.15, 0.2) is 0 Å². The number of nitriles is 1. The minimum Gasteiger partial charge on any atom is -0.398 e. The van der Waals surface area contributed by atoms with E-state index in [9.17, 15) is 0 Å². The number of hydrogen-bond acceptors (Lipinski definition) is 3. The van der Waals surface area contributed by atoms with Crippen molar-refractivity contribution >= 4 is 11.4 Å². The molecule has 0 aliphatic heterocycles. The number of benzene rings is 2. The van der Waals surface area contributed by atoms with Crippen LogP contribution in [0.15, 0.2) is 48.5 Å². The molecular formula is C16H15N3. The fraction of sp³-hybridized carbons (Fsp3) is 0.188. The van der Waals surface area contributed by atoms with Gasteiger partial charge in [-0.05, 0) is 30.2 Å². The Hall–Kier alpha value is -2.47. The van der Waals surface area contributed by atoms with Gasteiger partial charge in [0, 0.05) is 17.6 Å². The van der Waals surface area contributed by atoms with Gasteiger partial charge in [0.1, 0.15) is 6.07 Å². The molecule has 2 atom stereocenters. The van der Waals surface area contributed by atoms with Crippen LogP contribution in [0, 0.1) is 11.3 Å². The first-order chi connectivity index (χ1) is 9.28. The second-order valence-electron chi connectivity index (χ2n) is 4.92. The molecule has 19 heavy (non-hydrogen) atoms. The Balaban J connectivity index is 1.68. The third-order valence-corrected chi connectivity index (χ3v) is 3.54. The Morgan fingerprint density at radius 2 is 1.95 bits per heavy atom. The van der Waals surface area contributed by atoms with E-state index in [2.05, 4.69) is 35.7 Å². The SMILES string of the molecule is N#Cc1ccc(NC2CC2c2ccccc2)cc1N. The van der Waals surface area contributed by atoms with Crippen LogP contribution in [-0.4, -0.2) is 6.04 Å². The zero-order valence-electron chi connectivity index (χ0n) is 10.5. The third kappa shape index (κ3) is 2.38. The highest BCUT2D eigenvalue weighted by molar-refractivity contribution is 5.63. The number of nitrogen functional groups attached to an aromatic ring is 1. The smallest absolute Gasteiger partial charge is 0.101 e. The molecule has 1 saturated carbocycles. The second kappa shape index (κ2) is 4.66. The van der Waals surface area contributed by atoms with Crippen LogP contribution in [-0.2, 0) is 0 Å². The maximum Gasteiger partial charge on any atom is 0.101 e. The first-order valence-electron chi connectivity index (χ1n) is 6.39. The Kier molecular flexibility index (Phi) is 2.85. The minimum absolute atomic E-state index is 0.467. The van der Waals surface area contributed by atoms with Gasteiger partial charge in [0.2, 0.25) is 0 Å². The van der Waals surface area contributed by atoms with Crippen molar-refractivity contribution in [1.29, 1.82) is 5.26 Å². The second-order valence-corrected chi connectivity index (χ2v) is 4.92. The quantitative estimate of drug-likeness (QED) is 0.822. The summed E-state index contributed by atoms with van der Waals surface area (Å²) in [5.41, 5.74) is 9.23. The molecule has 0 amide bonds. The van der Waals surface area contributed by atoms with Crippen molar-refractivity contribution in [2.75, 3.05) is 11.1 Å². The Bertz CT molecular complexity index is 628. The van der Waals surface area contributed by atoms with E-state index in [1.165, 1.54) is 5.56 Å². The lowest BCUT2D eigenvalue weighted by Gasteiger charge is -2.07. The Morgan fingerprint density at radius 1 is 1.16 bits per heavy atom. The van der Waals surface area contributed by atoms with Crippen molar-refractivity contribution in [3.8, 4) is 6.07 Å². The summed E-state index contributed by atoms with van der Waals surface area (Å²) in [7, 11) is 0. The lowest BCUT2D eigenvalue weighted by molar-refractivity contribution is 1.05. The highest BCUT2D eigenvalue weighted by Crippen LogP contribution is 2.42. The Labute approximate surface area is 112 Å². The topological polar surface area (TPSA) is 61.8 Å². The lowest BCUT2D eigenvalue weighted by Crippen LogP contribution is -2.04. The standard InChI is InChI=1S/C16H15N3/c17-10-12-6-7-13(8-15(12)18)19-16-9-14(16)11-4-2-1-3-5-11/h1-8,14,16,19H,9,18H2. The molecule has 1 aliphatic carbocycles. The van der Waals surface area contributed by atoms with E-state index in [1.54, 1.807) is 6.07 Å². The van der Waals surface area contributed by atoms with Crippen LogP contribution >= 0.6 is 0 Å². The molecule has 3 rings (SSSR count). The lowest BCUT2D eigenvalue weighted by atomic mass is 10.1. The van der Waals surface area contributed by atoms with E-state index in [1.807, 2.05) is 18.2 Å². The van der Waals surface area contributed by atoms with Gasteiger partial charge in [-0.15, -0.1) is 0 Å². The van der Waals surface area contributed by atoms with Crippen molar-refractivity contribution < 1.29 is 0 Å². The summed E-state index contributed by atoms with van der Waals surface area (Å²) in [6.45, 7) is 0. The van der Waals surface area contributed by atoms with Crippen LogP contribution in [0.2, 0.25) is 0 Å². The number of rotatable bonds is 3. The predicted octanol–water partition coefficient (Wildman–Crippen LogP) is 3.11. The molecule has 0 heterocycles. The summed E-state index contributed by atoms with van der Waals surface area (Å²) in [5, 5.41) is 12.3.